The highest BCUT2D eigenvalue weighted by molar-refractivity contribution is 5.96. The van der Waals surface area contributed by atoms with Crippen LogP contribution in [0.15, 0.2) is 41.2 Å². The molecule has 1 atom stereocenters. The smallest absolute Gasteiger partial charge is 0.326 e. The van der Waals surface area contributed by atoms with E-state index in [4.69, 9.17) is 4.74 Å². The van der Waals surface area contributed by atoms with Gasteiger partial charge in [-0.25, -0.2) is 4.79 Å². The molecule has 2 heterocycles. The van der Waals surface area contributed by atoms with Gasteiger partial charge in [0.05, 0.1) is 22.8 Å². The molecule has 5 N–H and O–H groups in total. The number of carbonyl (C=O) groups is 1. The molecule has 1 amide bonds. The lowest BCUT2D eigenvalue weighted by Crippen LogP contribution is -2.42. The maximum absolute atomic E-state index is 12.2. The van der Waals surface area contributed by atoms with Gasteiger partial charge in [-0.2, -0.15) is 0 Å². The van der Waals surface area contributed by atoms with Gasteiger partial charge in [-0.15, -0.1) is 0 Å². The van der Waals surface area contributed by atoms with E-state index in [1.54, 1.807) is 4.57 Å². The Morgan fingerprint density at radius 2 is 2.03 bits per heavy atom. The number of β-amino-alcohol motifs (C(OH)–C–C–N with tert-alkyl or cyclic N) is 1. The van der Waals surface area contributed by atoms with Crippen molar-refractivity contribution >= 4 is 22.6 Å². The molecule has 3 aromatic rings. The van der Waals surface area contributed by atoms with E-state index in [0.29, 0.717) is 23.5 Å². The summed E-state index contributed by atoms with van der Waals surface area (Å²) in [6.45, 7) is 4.75. The molecule has 0 unspecified atom stereocenters. The monoisotopic (exact) mass is 440 g/mol. The van der Waals surface area contributed by atoms with Crippen LogP contribution in [0.2, 0.25) is 0 Å². The van der Waals surface area contributed by atoms with Crippen molar-refractivity contribution in [3.05, 3.63) is 52.4 Å². The first-order valence-electron chi connectivity index (χ1n) is 10.6. The number of nitrogens with zero attached hydrogens (tertiary/aromatic N) is 1. The highest BCUT2D eigenvalue weighted by Gasteiger charge is 2.26. The SMILES string of the molecule is CC(C)(CCCn1c(=O)[nH]c2ccccc21)NC[C@H](O)c1cc(O)cc2c1OCC(=O)N2. The highest BCUT2D eigenvalue weighted by atomic mass is 16.5. The Bertz CT molecular complexity index is 1200. The second kappa shape index (κ2) is 8.68. The predicted molar refractivity (Wildman–Crippen MR) is 121 cm³/mol. The van der Waals surface area contributed by atoms with Gasteiger partial charge in [-0.1, -0.05) is 12.1 Å². The first kappa shape index (κ1) is 21.9. The van der Waals surface area contributed by atoms with Crippen LogP contribution in [0.1, 0.15) is 38.4 Å². The average Bonchev–Trinajstić information content (AvgIpc) is 3.06. The van der Waals surface area contributed by atoms with Crippen molar-refractivity contribution in [1.29, 1.82) is 0 Å². The van der Waals surface area contributed by atoms with Crippen molar-refractivity contribution in [2.45, 2.75) is 44.9 Å². The van der Waals surface area contributed by atoms with Crippen molar-refractivity contribution in [2.24, 2.45) is 0 Å². The van der Waals surface area contributed by atoms with Gasteiger partial charge in [-0.05, 0) is 44.9 Å². The molecule has 0 aliphatic carbocycles. The van der Waals surface area contributed by atoms with Crippen molar-refractivity contribution < 1.29 is 19.7 Å². The summed E-state index contributed by atoms with van der Waals surface area (Å²) in [6.07, 6.45) is 0.603. The number of phenols is 1. The van der Waals surface area contributed by atoms with E-state index in [-0.39, 0.29) is 36.0 Å². The zero-order valence-electron chi connectivity index (χ0n) is 18.1. The molecule has 0 fully saturated rings. The van der Waals surface area contributed by atoms with Gasteiger partial charge in [0.2, 0.25) is 0 Å². The second-order valence-electron chi connectivity index (χ2n) is 8.73. The van der Waals surface area contributed by atoms with E-state index in [2.05, 4.69) is 15.6 Å². The third-order valence-corrected chi connectivity index (χ3v) is 5.72. The van der Waals surface area contributed by atoms with Crippen molar-refractivity contribution in [3.8, 4) is 11.5 Å². The number of phenolic OH excluding ortho intramolecular Hbond substituents is 1. The molecule has 0 saturated heterocycles. The van der Waals surface area contributed by atoms with Crippen LogP contribution in [0.4, 0.5) is 5.69 Å². The Hall–Kier alpha value is -3.30. The van der Waals surface area contributed by atoms with Crippen LogP contribution in [0.25, 0.3) is 11.0 Å². The van der Waals surface area contributed by atoms with Crippen LogP contribution in [0.3, 0.4) is 0 Å². The van der Waals surface area contributed by atoms with E-state index < -0.39 is 6.10 Å². The summed E-state index contributed by atoms with van der Waals surface area (Å²) < 4.78 is 7.22. The number of benzene rings is 2. The van der Waals surface area contributed by atoms with Gasteiger partial charge in [0.25, 0.3) is 5.91 Å². The molecule has 0 bridgehead atoms. The number of aromatic nitrogens is 2. The maximum atomic E-state index is 12.2. The molecule has 0 radical (unpaired) electrons. The number of hydrogen-bond donors (Lipinski definition) is 5. The number of aliphatic hydroxyl groups is 1. The van der Waals surface area contributed by atoms with Gasteiger partial charge in [0.15, 0.2) is 6.61 Å². The third-order valence-electron chi connectivity index (χ3n) is 5.72. The topological polar surface area (TPSA) is 129 Å². The summed E-state index contributed by atoms with van der Waals surface area (Å²) >= 11 is 0. The Labute approximate surface area is 185 Å². The largest absolute Gasteiger partial charge is 0.508 e. The number of aryl methyl sites for hydroxylation is 1. The first-order valence-corrected chi connectivity index (χ1v) is 10.6. The minimum atomic E-state index is -0.943. The van der Waals surface area contributed by atoms with Gasteiger partial charge >= 0.3 is 5.69 Å². The summed E-state index contributed by atoms with van der Waals surface area (Å²) in [5, 5.41) is 26.7. The van der Waals surface area contributed by atoms with Crippen LogP contribution in [0.5, 0.6) is 11.5 Å². The number of fused-ring (bicyclic) bond motifs is 2. The van der Waals surface area contributed by atoms with Gasteiger partial charge in [0.1, 0.15) is 11.5 Å². The number of aliphatic hydroxyl groups excluding tert-OH is 1. The molecule has 0 spiro atoms. The lowest BCUT2D eigenvalue weighted by atomic mass is 9.97. The molecule has 1 aromatic heterocycles. The van der Waals surface area contributed by atoms with Gasteiger partial charge in [0, 0.05) is 30.3 Å². The van der Waals surface area contributed by atoms with Crippen molar-refractivity contribution in [2.75, 3.05) is 18.5 Å². The number of hydrogen-bond acceptors (Lipinski definition) is 6. The third kappa shape index (κ3) is 4.63. The molecular weight excluding hydrogens is 412 g/mol. The van der Waals surface area contributed by atoms with E-state index in [0.717, 1.165) is 23.9 Å². The zero-order chi connectivity index (χ0) is 22.9. The summed E-state index contributed by atoms with van der Waals surface area (Å²) in [6, 6.07) is 10.5. The normalized spacial score (nSPS) is 14.7. The number of carbonyl (C=O) groups excluding carboxylic acids is 1. The number of H-pyrrole nitrogens is 1. The van der Waals surface area contributed by atoms with Gasteiger partial charge in [-0.3, -0.25) is 9.36 Å². The van der Waals surface area contributed by atoms with E-state index in [9.17, 15) is 19.8 Å². The predicted octanol–water partition coefficient (Wildman–Crippen LogP) is 2.25. The van der Waals surface area contributed by atoms with E-state index in [1.165, 1.54) is 12.1 Å². The van der Waals surface area contributed by atoms with E-state index in [1.807, 2.05) is 38.1 Å². The molecule has 1 aliphatic rings. The Balaban J connectivity index is 1.36. The highest BCUT2D eigenvalue weighted by Crippen LogP contribution is 2.38. The fourth-order valence-corrected chi connectivity index (χ4v) is 4.04. The number of anilines is 1. The zero-order valence-corrected chi connectivity index (χ0v) is 18.1. The standard InChI is InChI=1S/C23H28N4O5/c1-23(2,8-5-9-27-18-7-4-3-6-16(18)26-22(27)31)24-12-19(29)15-10-14(28)11-17-21(15)32-13-20(30)25-17/h3-4,6-7,10-11,19,24,28-29H,5,8-9,12-13H2,1-2H3,(H,25,30)(H,26,31)/t19-/m0/s1. The summed E-state index contributed by atoms with van der Waals surface area (Å²) in [4.78, 5) is 26.6. The lowest BCUT2D eigenvalue weighted by Gasteiger charge is -2.29. The quantitative estimate of drug-likeness (QED) is 0.365. The summed E-state index contributed by atoms with van der Waals surface area (Å²) in [7, 11) is 0. The minimum absolute atomic E-state index is 0.0629. The van der Waals surface area contributed by atoms with Crippen LogP contribution in [-0.4, -0.2) is 44.4 Å². The lowest BCUT2D eigenvalue weighted by molar-refractivity contribution is -0.118. The molecule has 9 nitrogen and oxygen atoms in total. The fourth-order valence-electron chi connectivity index (χ4n) is 4.04. The molecule has 9 heteroatoms. The molecule has 4 rings (SSSR count). The second-order valence-corrected chi connectivity index (χ2v) is 8.73. The Morgan fingerprint density at radius 3 is 2.84 bits per heavy atom. The number of rotatable bonds is 8. The number of nitrogens with one attached hydrogen (secondary N) is 3. The molecule has 0 saturated carbocycles. The van der Waals surface area contributed by atoms with Crippen LogP contribution < -0.4 is 21.1 Å². The number of aromatic hydroxyl groups is 1. The average molecular weight is 441 g/mol. The fraction of sp³-hybridized carbons (Fsp3) is 0.391. The first-order chi connectivity index (χ1) is 15.2. The van der Waals surface area contributed by atoms with Gasteiger partial charge < -0.3 is 30.6 Å². The summed E-state index contributed by atoms with van der Waals surface area (Å²) in [5.41, 5.74) is 2.05. The van der Waals surface area contributed by atoms with Crippen LogP contribution in [0, 0.1) is 0 Å². The molecule has 2 aromatic carbocycles. The molecule has 1 aliphatic heterocycles. The minimum Gasteiger partial charge on any atom is -0.508 e. The Morgan fingerprint density at radius 1 is 1.25 bits per heavy atom. The van der Waals surface area contributed by atoms with Crippen LogP contribution in [-0.2, 0) is 11.3 Å². The number of aromatic amines is 1. The molecular formula is C23H28N4O5. The van der Waals surface area contributed by atoms with E-state index >= 15 is 0 Å². The molecule has 170 valence electrons. The maximum Gasteiger partial charge on any atom is 0.326 e. The molecule has 32 heavy (non-hydrogen) atoms. The van der Waals surface area contributed by atoms with Crippen LogP contribution >= 0.6 is 0 Å². The number of imidazole rings is 1. The number of para-hydroxylation sites is 2. The van der Waals surface area contributed by atoms with Crippen molar-refractivity contribution in [1.82, 2.24) is 14.9 Å². The van der Waals surface area contributed by atoms with Crippen molar-refractivity contribution in [3.63, 3.8) is 0 Å². The Kier molecular flexibility index (Phi) is 5.94. The number of ether oxygens (including phenoxy) is 1. The number of amides is 1. The summed E-state index contributed by atoms with van der Waals surface area (Å²) in [5.74, 6) is -0.00245.